The van der Waals surface area contributed by atoms with Crippen LogP contribution in [0.15, 0.2) is 18.3 Å². The predicted octanol–water partition coefficient (Wildman–Crippen LogP) is 2.94. The van der Waals surface area contributed by atoms with E-state index in [1.807, 2.05) is 27.7 Å². The van der Waals surface area contributed by atoms with Crippen LogP contribution < -0.4 is 5.46 Å². The Labute approximate surface area is 158 Å². The maximum absolute atomic E-state index is 11.5. The van der Waals surface area contributed by atoms with Gasteiger partial charge in [0.1, 0.15) is 0 Å². The van der Waals surface area contributed by atoms with Crippen molar-refractivity contribution in [2.75, 3.05) is 6.61 Å². The number of non-ortho nitro benzene ring substituents is 1. The summed E-state index contributed by atoms with van der Waals surface area (Å²) >= 11 is 0. The number of aromatic nitrogens is 2. The quantitative estimate of drug-likeness (QED) is 0.467. The summed E-state index contributed by atoms with van der Waals surface area (Å²) in [5, 5.41) is 16.8. The van der Waals surface area contributed by atoms with E-state index >= 15 is 0 Å². The SMILES string of the molecule is CC1(C)OB(c2cc([N+](=O)[O-])cc3c2cnn3C2CCCCO2)OC1(C)C. The first-order valence-corrected chi connectivity index (χ1v) is 9.32. The predicted molar refractivity (Wildman–Crippen MR) is 101 cm³/mol. The second-order valence-electron chi connectivity index (χ2n) is 8.22. The molecule has 3 heterocycles. The standard InChI is InChI=1S/C18H24BN3O5/c1-17(2)18(3,4)27-19(26-17)14-9-12(22(23)24)10-15-13(14)11-20-21(15)16-7-5-6-8-25-16/h9-11,16H,5-8H2,1-4H3. The van der Waals surface area contributed by atoms with Gasteiger partial charge in [0, 0.05) is 29.6 Å². The van der Waals surface area contributed by atoms with Gasteiger partial charge in [0.15, 0.2) is 6.23 Å². The van der Waals surface area contributed by atoms with Gasteiger partial charge in [-0.15, -0.1) is 0 Å². The molecule has 0 radical (unpaired) electrons. The first-order chi connectivity index (χ1) is 12.7. The zero-order valence-electron chi connectivity index (χ0n) is 16.1. The zero-order chi connectivity index (χ0) is 19.4. The molecule has 9 heteroatoms. The molecule has 0 aliphatic carbocycles. The maximum atomic E-state index is 11.5. The Balaban J connectivity index is 1.83. The summed E-state index contributed by atoms with van der Waals surface area (Å²) in [4.78, 5) is 11.1. The molecule has 0 N–H and O–H groups in total. The second kappa shape index (κ2) is 6.29. The van der Waals surface area contributed by atoms with Gasteiger partial charge in [-0.3, -0.25) is 10.1 Å². The van der Waals surface area contributed by atoms with Crippen molar-refractivity contribution < 1.29 is 19.0 Å². The van der Waals surface area contributed by atoms with Gasteiger partial charge in [-0.25, -0.2) is 4.68 Å². The fourth-order valence-electron chi connectivity index (χ4n) is 3.57. The highest BCUT2D eigenvalue weighted by atomic mass is 16.7. The van der Waals surface area contributed by atoms with E-state index in [1.54, 1.807) is 16.9 Å². The molecule has 2 aliphatic rings. The lowest BCUT2D eigenvalue weighted by molar-refractivity contribution is -0.384. The van der Waals surface area contributed by atoms with Gasteiger partial charge < -0.3 is 14.0 Å². The number of hydrogen-bond donors (Lipinski definition) is 0. The summed E-state index contributed by atoms with van der Waals surface area (Å²) in [7, 11) is -0.692. The molecule has 1 aromatic heterocycles. The molecule has 2 saturated heterocycles. The van der Waals surface area contributed by atoms with Crippen molar-refractivity contribution in [3.63, 3.8) is 0 Å². The highest BCUT2D eigenvalue weighted by molar-refractivity contribution is 6.65. The van der Waals surface area contributed by atoms with Gasteiger partial charge in [0.2, 0.25) is 0 Å². The molecule has 1 unspecified atom stereocenters. The number of hydrogen-bond acceptors (Lipinski definition) is 6. The van der Waals surface area contributed by atoms with Crippen LogP contribution in [0, 0.1) is 10.1 Å². The molecule has 8 nitrogen and oxygen atoms in total. The molecule has 144 valence electrons. The van der Waals surface area contributed by atoms with Crippen molar-refractivity contribution in [1.29, 1.82) is 0 Å². The lowest BCUT2D eigenvalue weighted by Crippen LogP contribution is -2.41. The van der Waals surface area contributed by atoms with E-state index in [9.17, 15) is 10.1 Å². The van der Waals surface area contributed by atoms with E-state index in [2.05, 4.69) is 5.10 Å². The van der Waals surface area contributed by atoms with Crippen LogP contribution in [0.4, 0.5) is 5.69 Å². The van der Waals surface area contributed by atoms with Crippen LogP contribution in [0.5, 0.6) is 0 Å². The van der Waals surface area contributed by atoms with Crippen molar-refractivity contribution in [3.8, 4) is 0 Å². The molecule has 0 amide bonds. The minimum Gasteiger partial charge on any atom is -0.399 e. The lowest BCUT2D eigenvalue weighted by atomic mass is 9.77. The molecule has 1 atom stereocenters. The maximum Gasteiger partial charge on any atom is 0.495 e. The molecule has 2 fully saturated rings. The van der Waals surface area contributed by atoms with E-state index < -0.39 is 23.2 Å². The Kier molecular flexibility index (Phi) is 4.29. The minimum atomic E-state index is -0.692. The number of nitro benzene ring substituents is 1. The minimum absolute atomic E-state index is 0.00947. The van der Waals surface area contributed by atoms with Gasteiger partial charge in [-0.1, -0.05) is 0 Å². The number of benzene rings is 1. The molecule has 2 aliphatic heterocycles. The zero-order valence-corrected chi connectivity index (χ0v) is 16.1. The van der Waals surface area contributed by atoms with E-state index in [-0.39, 0.29) is 11.9 Å². The number of ether oxygens (including phenoxy) is 1. The Morgan fingerprint density at radius 2 is 1.93 bits per heavy atom. The topological polar surface area (TPSA) is 88.7 Å². The molecule has 27 heavy (non-hydrogen) atoms. The summed E-state index contributed by atoms with van der Waals surface area (Å²) in [6.45, 7) is 8.51. The van der Waals surface area contributed by atoms with Crippen LogP contribution in [-0.4, -0.2) is 39.6 Å². The fourth-order valence-corrected chi connectivity index (χ4v) is 3.57. The summed E-state index contributed by atoms with van der Waals surface area (Å²) in [6, 6.07) is 3.08. The average molecular weight is 373 g/mol. The van der Waals surface area contributed by atoms with Crippen LogP contribution >= 0.6 is 0 Å². The second-order valence-corrected chi connectivity index (χ2v) is 8.22. The first kappa shape index (κ1) is 18.4. The van der Waals surface area contributed by atoms with Crippen LogP contribution in [-0.2, 0) is 14.0 Å². The third-order valence-corrected chi connectivity index (χ3v) is 5.88. The Morgan fingerprint density at radius 1 is 1.22 bits per heavy atom. The van der Waals surface area contributed by atoms with E-state index in [0.29, 0.717) is 17.6 Å². The van der Waals surface area contributed by atoms with Crippen molar-refractivity contribution in [1.82, 2.24) is 9.78 Å². The van der Waals surface area contributed by atoms with Gasteiger partial charge in [0.05, 0.1) is 27.8 Å². The monoisotopic (exact) mass is 373 g/mol. The molecular weight excluding hydrogens is 349 g/mol. The first-order valence-electron chi connectivity index (χ1n) is 9.32. The summed E-state index contributed by atoms with van der Waals surface area (Å²) in [5.41, 5.74) is 0.222. The van der Waals surface area contributed by atoms with Crippen LogP contribution in [0.3, 0.4) is 0 Å². The number of nitrogens with zero attached hydrogens (tertiary/aromatic N) is 3. The molecule has 0 spiro atoms. The smallest absolute Gasteiger partial charge is 0.399 e. The molecule has 0 bridgehead atoms. The Bertz CT molecular complexity index is 872. The Hall–Kier alpha value is -1.97. The molecule has 1 aromatic carbocycles. The summed E-state index contributed by atoms with van der Waals surface area (Å²) < 4.78 is 19.8. The number of fused-ring (bicyclic) bond motifs is 1. The molecule has 4 rings (SSSR count). The molecular formula is C18H24BN3O5. The molecule has 0 saturated carbocycles. The van der Waals surface area contributed by atoms with E-state index in [1.165, 1.54) is 6.07 Å². The van der Waals surface area contributed by atoms with Gasteiger partial charge in [-0.2, -0.15) is 5.10 Å². The van der Waals surface area contributed by atoms with E-state index in [0.717, 1.165) is 24.6 Å². The summed E-state index contributed by atoms with van der Waals surface area (Å²) in [6.07, 6.45) is 4.42. The number of rotatable bonds is 3. The normalized spacial score (nSPS) is 24.4. The van der Waals surface area contributed by atoms with E-state index in [4.69, 9.17) is 14.0 Å². The van der Waals surface area contributed by atoms with Crippen molar-refractivity contribution >= 4 is 29.2 Å². The van der Waals surface area contributed by atoms with Crippen LogP contribution in [0.2, 0.25) is 0 Å². The van der Waals surface area contributed by atoms with Gasteiger partial charge >= 0.3 is 7.12 Å². The van der Waals surface area contributed by atoms with Gasteiger partial charge in [0.25, 0.3) is 5.69 Å². The van der Waals surface area contributed by atoms with Crippen LogP contribution in [0.1, 0.15) is 53.2 Å². The average Bonchev–Trinajstić information content (AvgIpc) is 3.13. The van der Waals surface area contributed by atoms with Gasteiger partial charge in [-0.05, 0) is 47.0 Å². The van der Waals surface area contributed by atoms with Crippen LogP contribution in [0.25, 0.3) is 10.9 Å². The summed E-state index contributed by atoms with van der Waals surface area (Å²) in [5.74, 6) is 0. The Morgan fingerprint density at radius 3 is 2.52 bits per heavy atom. The third kappa shape index (κ3) is 3.03. The van der Waals surface area contributed by atoms with Crippen molar-refractivity contribution in [2.24, 2.45) is 0 Å². The third-order valence-electron chi connectivity index (χ3n) is 5.88. The highest BCUT2D eigenvalue weighted by Gasteiger charge is 2.52. The van der Waals surface area contributed by atoms with Crippen molar-refractivity contribution in [2.45, 2.75) is 64.4 Å². The fraction of sp³-hybridized carbons (Fsp3) is 0.611. The number of nitro groups is 1. The van der Waals surface area contributed by atoms with Crippen molar-refractivity contribution in [3.05, 3.63) is 28.4 Å². The molecule has 2 aromatic rings. The largest absolute Gasteiger partial charge is 0.495 e. The highest BCUT2D eigenvalue weighted by Crippen LogP contribution is 2.37. The lowest BCUT2D eigenvalue weighted by Gasteiger charge is -2.32.